The molecule has 0 unspecified atom stereocenters. The van der Waals surface area contributed by atoms with Crippen molar-refractivity contribution in [1.29, 1.82) is 0 Å². The van der Waals surface area contributed by atoms with E-state index in [9.17, 15) is 9.59 Å². The molecule has 0 bridgehead atoms. The molecule has 1 aliphatic heterocycles. The zero-order valence-corrected chi connectivity index (χ0v) is 16.2. The lowest BCUT2D eigenvalue weighted by Gasteiger charge is -2.33. The first-order valence-corrected chi connectivity index (χ1v) is 10.5. The van der Waals surface area contributed by atoms with Crippen LogP contribution in [-0.2, 0) is 9.59 Å². The average molecular weight is 373 g/mol. The maximum absolute atomic E-state index is 12.4. The smallest absolute Gasteiger partial charge is 0.223 e. The van der Waals surface area contributed by atoms with E-state index in [1.807, 2.05) is 35.2 Å². The van der Waals surface area contributed by atoms with Crippen LogP contribution in [0.2, 0.25) is 0 Å². The van der Waals surface area contributed by atoms with E-state index >= 15 is 0 Å². The fourth-order valence-corrected chi connectivity index (χ4v) is 4.05. The zero-order valence-electron chi connectivity index (χ0n) is 16.2. The first-order valence-electron chi connectivity index (χ1n) is 10.5. The third-order valence-corrected chi connectivity index (χ3v) is 5.72. The van der Waals surface area contributed by atoms with Crippen molar-refractivity contribution in [2.24, 2.45) is 5.92 Å². The van der Waals surface area contributed by atoms with Crippen molar-refractivity contribution in [3.8, 4) is 5.75 Å². The molecule has 1 saturated heterocycles. The van der Waals surface area contributed by atoms with Gasteiger partial charge in [0.1, 0.15) is 5.75 Å². The van der Waals surface area contributed by atoms with Gasteiger partial charge in [-0.2, -0.15) is 0 Å². The summed E-state index contributed by atoms with van der Waals surface area (Å²) >= 11 is 0. The van der Waals surface area contributed by atoms with Crippen molar-refractivity contribution in [2.45, 2.75) is 63.8 Å². The Morgan fingerprint density at radius 1 is 1.00 bits per heavy atom. The normalized spacial score (nSPS) is 18.9. The summed E-state index contributed by atoms with van der Waals surface area (Å²) in [5.41, 5.74) is 0. The number of para-hydroxylation sites is 1. The van der Waals surface area contributed by atoms with Gasteiger partial charge in [0.05, 0.1) is 6.61 Å². The first-order chi connectivity index (χ1) is 13.2. The molecule has 3 rings (SSSR count). The van der Waals surface area contributed by atoms with E-state index in [1.54, 1.807) is 0 Å². The number of carbonyl (C=O) groups excluding carboxylic acids is 2. The van der Waals surface area contributed by atoms with Gasteiger partial charge in [0.25, 0.3) is 0 Å². The summed E-state index contributed by atoms with van der Waals surface area (Å²) in [6.07, 6.45) is 8.68. The minimum Gasteiger partial charge on any atom is -0.494 e. The molecule has 148 valence electrons. The minimum absolute atomic E-state index is 0.198. The van der Waals surface area contributed by atoms with Crippen LogP contribution in [0.5, 0.6) is 5.75 Å². The van der Waals surface area contributed by atoms with Crippen LogP contribution in [0, 0.1) is 5.92 Å². The highest BCUT2D eigenvalue weighted by Crippen LogP contribution is 2.24. The third-order valence-electron chi connectivity index (χ3n) is 5.72. The van der Waals surface area contributed by atoms with Crippen molar-refractivity contribution in [1.82, 2.24) is 10.2 Å². The predicted molar refractivity (Wildman–Crippen MR) is 105 cm³/mol. The summed E-state index contributed by atoms with van der Waals surface area (Å²) in [5, 5.41) is 3.22. The number of benzene rings is 1. The first kappa shape index (κ1) is 19.7. The molecule has 5 nitrogen and oxygen atoms in total. The molecule has 1 heterocycles. The second-order valence-corrected chi connectivity index (χ2v) is 7.76. The summed E-state index contributed by atoms with van der Waals surface area (Å²) in [6.45, 7) is 2.05. The van der Waals surface area contributed by atoms with Gasteiger partial charge in [-0.3, -0.25) is 9.59 Å². The molecule has 0 atom stereocenters. The van der Waals surface area contributed by atoms with Crippen molar-refractivity contribution in [3.05, 3.63) is 30.3 Å². The lowest BCUT2D eigenvalue weighted by Crippen LogP contribution is -2.48. The molecule has 0 spiro atoms. The quantitative estimate of drug-likeness (QED) is 0.745. The van der Waals surface area contributed by atoms with E-state index < -0.39 is 0 Å². The van der Waals surface area contributed by atoms with Crippen molar-refractivity contribution < 1.29 is 14.3 Å². The van der Waals surface area contributed by atoms with Crippen LogP contribution < -0.4 is 10.1 Å². The molecular weight excluding hydrogens is 340 g/mol. The SMILES string of the molecule is O=C(NC1CCN(C(=O)CCCOc2ccccc2)CC1)C1CCCCC1. The number of amides is 2. The number of hydrogen-bond donors (Lipinski definition) is 1. The largest absolute Gasteiger partial charge is 0.494 e. The van der Waals surface area contributed by atoms with Gasteiger partial charge in [0.15, 0.2) is 0 Å². The van der Waals surface area contributed by atoms with Crippen LogP contribution in [0.1, 0.15) is 57.8 Å². The minimum atomic E-state index is 0.198. The maximum atomic E-state index is 12.4. The number of likely N-dealkylation sites (tertiary alicyclic amines) is 1. The van der Waals surface area contributed by atoms with Crippen molar-refractivity contribution in [3.63, 3.8) is 0 Å². The molecule has 1 saturated carbocycles. The van der Waals surface area contributed by atoms with Gasteiger partial charge < -0.3 is 15.0 Å². The number of nitrogens with zero attached hydrogens (tertiary/aromatic N) is 1. The van der Waals surface area contributed by atoms with Crippen LogP contribution in [0.25, 0.3) is 0 Å². The molecule has 2 aliphatic rings. The number of piperidine rings is 1. The zero-order chi connectivity index (χ0) is 18.9. The van der Waals surface area contributed by atoms with Crippen LogP contribution in [0.4, 0.5) is 0 Å². The summed E-state index contributed by atoms with van der Waals surface area (Å²) in [7, 11) is 0. The molecule has 1 N–H and O–H groups in total. The summed E-state index contributed by atoms with van der Waals surface area (Å²) in [5.74, 6) is 1.49. The molecular formula is C22H32N2O3. The van der Waals surface area contributed by atoms with Gasteiger partial charge >= 0.3 is 0 Å². The average Bonchev–Trinajstić information content (AvgIpc) is 2.73. The van der Waals surface area contributed by atoms with E-state index in [0.29, 0.717) is 13.0 Å². The van der Waals surface area contributed by atoms with E-state index in [-0.39, 0.29) is 23.8 Å². The molecule has 5 heteroatoms. The van der Waals surface area contributed by atoms with Crippen molar-refractivity contribution >= 4 is 11.8 Å². The van der Waals surface area contributed by atoms with Gasteiger partial charge in [0.2, 0.25) is 11.8 Å². The van der Waals surface area contributed by atoms with Gasteiger partial charge in [-0.15, -0.1) is 0 Å². The Morgan fingerprint density at radius 2 is 1.70 bits per heavy atom. The molecule has 27 heavy (non-hydrogen) atoms. The predicted octanol–water partition coefficient (Wildman–Crippen LogP) is 3.53. The van der Waals surface area contributed by atoms with Crippen LogP contribution >= 0.6 is 0 Å². The highest BCUT2D eigenvalue weighted by molar-refractivity contribution is 5.79. The van der Waals surface area contributed by atoms with Gasteiger partial charge in [-0.25, -0.2) is 0 Å². The Kier molecular flexibility index (Phi) is 7.55. The van der Waals surface area contributed by atoms with E-state index in [0.717, 1.165) is 50.9 Å². The molecule has 1 aromatic carbocycles. The number of carbonyl (C=O) groups is 2. The molecule has 0 radical (unpaired) electrons. The standard InChI is InChI=1S/C22H32N2O3/c25-21(12-7-17-27-20-10-5-2-6-11-20)24-15-13-19(14-16-24)23-22(26)18-8-3-1-4-9-18/h2,5-6,10-11,18-19H,1,3-4,7-9,12-17H2,(H,23,26). The van der Waals surface area contributed by atoms with Crippen LogP contribution in [0.15, 0.2) is 30.3 Å². The fourth-order valence-electron chi connectivity index (χ4n) is 4.05. The maximum Gasteiger partial charge on any atom is 0.223 e. The van der Waals surface area contributed by atoms with Gasteiger partial charge in [-0.05, 0) is 44.2 Å². The van der Waals surface area contributed by atoms with Crippen LogP contribution in [0.3, 0.4) is 0 Å². The van der Waals surface area contributed by atoms with E-state index in [2.05, 4.69) is 5.32 Å². The second kappa shape index (κ2) is 10.3. The molecule has 1 aromatic rings. The number of ether oxygens (including phenoxy) is 1. The van der Waals surface area contributed by atoms with Gasteiger partial charge in [-0.1, -0.05) is 37.5 Å². The number of rotatable bonds is 7. The Bertz CT molecular complexity index is 591. The second-order valence-electron chi connectivity index (χ2n) is 7.76. The Labute approximate surface area is 162 Å². The highest BCUT2D eigenvalue weighted by atomic mass is 16.5. The van der Waals surface area contributed by atoms with E-state index in [4.69, 9.17) is 4.74 Å². The van der Waals surface area contributed by atoms with Crippen molar-refractivity contribution in [2.75, 3.05) is 19.7 Å². The summed E-state index contributed by atoms with van der Waals surface area (Å²) < 4.78 is 5.64. The number of nitrogens with one attached hydrogen (secondary N) is 1. The fraction of sp³-hybridized carbons (Fsp3) is 0.636. The summed E-state index contributed by atoms with van der Waals surface area (Å²) in [6, 6.07) is 9.92. The topological polar surface area (TPSA) is 58.6 Å². The Hall–Kier alpha value is -2.04. The molecule has 0 aromatic heterocycles. The third kappa shape index (κ3) is 6.26. The molecule has 2 amide bonds. The molecule has 1 aliphatic carbocycles. The molecule has 2 fully saturated rings. The lowest BCUT2D eigenvalue weighted by molar-refractivity contribution is -0.132. The monoisotopic (exact) mass is 372 g/mol. The van der Waals surface area contributed by atoms with E-state index in [1.165, 1.54) is 19.3 Å². The lowest BCUT2D eigenvalue weighted by atomic mass is 9.88. The Balaban J connectivity index is 1.30. The van der Waals surface area contributed by atoms with Crippen LogP contribution in [-0.4, -0.2) is 42.5 Å². The number of hydrogen-bond acceptors (Lipinski definition) is 3. The highest BCUT2D eigenvalue weighted by Gasteiger charge is 2.27. The van der Waals surface area contributed by atoms with Gasteiger partial charge in [0, 0.05) is 31.5 Å². The Morgan fingerprint density at radius 3 is 2.41 bits per heavy atom. The summed E-state index contributed by atoms with van der Waals surface area (Å²) in [4.78, 5) is 26.7.